The zero-order valence-electron chi connectivity index (χ0n) is 4.53. The van der Waals surface area contributed by atoms with Gasteiger partial charge in [-0.2, -0.15) is 10.0 Å². The van der Waals surface area contributed by atoms with E-state index in [-0.39, 0.29) is 13.0 Å². The molecule has 0 fully saturated rings. The molecule has 0 aromatic heterocycles. The molecule has 0 spiro atoms. The molecule has 0 rings (SSSR count). The topological polar surface area (TPSA) is 94.3 Å². The van der Waals surface area contributed by atoms with E-state index in [9.17, 15) is 10.0 Å². The van der Waals surface area contributed by atoms with Gasteiger partial charge < -0.3 is 10.3 Å². The van der Waals surface area contributed by atoms with Crippen LogP contribution < -0.4 is 5.39 Å². The minimum absolute atomic E-state index is 0.285. The fraction of sp³-hybridized carbons (Fsp3) is 0.667. The molecule has 3 N–H and O–H groups in total. The SMILES string of the molecule is O=C(O)CCO[NH+]([O-])O. The smallest absolute Gasteiger partial charge is 0.305 e. The van der Waals surface area contributed by atoms with E-state index in [2.05, 4.69) is 4.84 Å². The van der Waals surface area contributed by atoms with Crippen molar-refractivity contribution in [2.24, 2.45) is 0 Å². The van der Waals surface area contributed by atoms with Crippen molar-refractivity contribution in [3.63, 3.8) is 0 Å². The van der Waals surface area contributed by atoms with E-state index in [0.29, 0.717) is 0 Å². The van der Waals surface area contributed by atoms with Crippen LogP contribution in [0.1, 0.15) is 6.42 Å². The first kappa shape index (κ1) is 8.31. The molecule has 0 bridgehead atoms. The van der Waals surface area contributed by atoms with Crippen LogP contribution in [0.2, 0.25) is 0 Å². The summed E-state index contributed by atoms with van der Waals surface area (Å²) in [6.07, 6.45) is -0.285. The third kappa shape index (κ3) is 7.31. The van der Waals surface area contributed by atoms with Gasteiger partial charge in [-0.1, -0.05) is 5.39 Å². The average Bonchev–Trinajstić information content (AvgIpc) is 1.63. The molecule has 0 aromatic rings. The van der Waals surface area contributed by atoms with Gasteiger partial charge in [0.1, 0.15) is 6.61 Å². The molecule has 0 aromatic carbocycles. The van der Waals surface area contributed by atoms with E-state index in [1.165, 1.54) is 0 Å². The quantitative estimate of drug-likeness (QED) is 0.396. The molecule has 54 valence electrons. The van der Waals surface area contributed by atoms with Crippen LogP contribution in [0.25, 0.3) is 0 Å². The molecule has 0 aliphatic heterocycles. The van der Waals surface area contributed by atoms with Gasteiger partial charge in [-0.25, -0.2) is 0 Å². The third-order valence-electron chi connectivity index (χ3n) is 0.541. The summed E-state index contributed by atoms with van der Waals surface area (Å²) in [4.78, 5) is 13.6. The van der Waals surface area contributed by atoms with Crippen LogP contribution in [0.5, 0.6) is 0 Å². The van der Waals surface area contributed by atoms with E-state index >= 15 is 0 Å². The maximum absolute atomic E-state index is 9.71. The summed E-state index contributed by atoms with van der Waals surface area (Å²) in [6.45, 7) is -0.287. The first-order valence-electron chi connectivity index (χ1n) is 2.20. The Morgan fingerprint density at radius 2 is 2.33 bits per heavy atom. The standard InChI is InChI=1S/C3H7NO5/c5-3(6)1-2-9-4(7)8/h4,7H,1-2H2,(H,5,6). The van der Waals surface area contributed by atoms with E-state index in [4.69, 9.17) is 10.3 Å². The van der Waals surface area contributed by atoms with Gasteiger partial charge >= 0.3 is 5.97 Å². The second-order valence-corrected chi connectivity index (χ2v) is 1.26. The zero-order valence-corrected chi connectivity index (χ0v) is 4.53. The van der Waals surface area contributed by atoms with Gasteiger partial charge in [-0.05, 0) is 0 Å². The maximum atomic E-state index is 9.71. The molecular weight excluding hydrogens is 130 g/mol. The highest BCUT2D eigenvalue weighted by atomic mass is 17.1. The van der Waals surface area contributed by atoms with Crippen molar-refractivity contribution >= 4 is 5.97 Å². The Kier molecular flexibility index (Phi) is 3.89. The Morgan fingerprint density at radius 1 is 1.78 bits per heavy atom. The van der Waals surface area contributed by atoms with Crippen LogP contribution in [-0.2, 0) is 9.63 Å². The first-order valence-corrected chi connectivity index (χ1v) is 2.20. The van der Waals surface area contributed by atoms with Gasteiger partial charge in [0.05, 0.1) is 6.42 Å². The molecule has 0 aliphatic rings. The van der Waals surface area contributed by atoms with Crippen LogP contribution in [0.15, 0.2) is 0 Å². The van der Waals surface area contributed by atoms with Crippen LogP contribution in [-0.4, -0.2) is 22.9 Å². The van der Waals surface area contributed by atoms with Gasteiger partial charge in [0.2, 0.25) is 0 Å². The number of hydrogen-bond donors (Lipinski definition) is 3. The second kappa shape index (κ2) is 4.21. The van der Waals surface area contributed by atoms with Gasteiger partial charge in [0.25, 0.3) is 0 Å². The molecular formula is C3H7NO5. The monoisotopic (exact) mass is 137 g/mol. The number of nitrogens with one attached hydrogen (secondary N) is 1. The van der Waals surface area contributed by atoms with Crippen molar-refractivity contribution in [1.82, 2.24) is 0 Å². The summed E-state index contributed by atoms with van der Waals surface area (Å²) in [6, 6.07) is 0. The molecule has 0 aliphatic carbocycles. The minimum Gasteiger partial charge on any atom is -0.566 e. The lowest BCUT2D eigenvalue weighted by Gasteiger charge is -2.07. The Hall–Kier alpha value is -0.690. The van der Waals surface area contributed by atoms with Crippen LogP contribution in [0, 0.1) is 5.21 Å². The third-order valence-corrected chi connectivity index (χ3v) is 0.541. The van der Waals surface area contributed by atoms with Crippen LogP contribution in [0.3, 0.4) is 0 Å². The zero-order chi connectivity index (χ0) is 7.28. The van der Waals surface area contributed by atoms with Crippen molar-refractivity contribution in [3.05, 3.63) is 5.21 Å². The highest BCUT2D eigenvalue weighted by Gasteiger charge is 1.97. The van der Waals surface area contributed by atoms with E-state index in [1.807, 2.05) is 0 Å². The number of quaternary nitrogens is 1. The number of hydrogen-bond acceptors (Lipinski definition) is 4. The average molecular weight is 137 g/mol. The number of aliphatic carboxylic acids is 1. The summed E-state index contributed by atoms with van der Waals surface area (Å²) in [5, 5.41) is 23.9. The molecule has 0 amide bonds. The Bertz CT molecular complexity index is 92.2. The largest absolute Gasteiger partial charge is 0.566 e. The van der Waals surface area contributed by atoms with Gasteiger partial charge in [-0.15, -0.1) is 0 Å². The molecule has 0 heterocycles. The Morgan fingerprint density at radius 3 is 2.67 bits per heavy atom. The second-order valence-electron chi connectivity index (χ2n) is 1.26. The molecule has 1 unspecified atom stereocenters. The van der Waals surface area contributed by atoms with Gasteiger partial charge in [0, 0.05) is 0 Å². The summed E-state index contributed by atoms with van der Waals surface area (Å²) in [7, 11) is 0. The number of carboxylic acid groups (broad SMARTS) is 1. The highest BCUT2D eigenvalue weighted by Crippen LogP contribution is 1.74. The van der Waals surface area contributed by atoms with Crippen LogP contribution >= 0.6 is 0 Å². The number of carboxylic acids is 1. The van der Waals surface area contributed by atoms with Gasteiger partial charge in [0.15, 0.2) is 0 Å². The van der Waals surface area contributed by atoms with Crippen molar-refractivity contribution in [2.45, 2.75) is 6.42 Å². The van der Waals surface area contributed by atoms with E-state index in [0.717, 1.165) is 0 Å². The maximum Gasteiger partial charge on any atom is 0.305 e. The Labute approximate surface area is 50.7 Å². The fourth-order valence-corrected chi connectivity index (χ4v) is 0.226. The lowest BCUT2D eigenvalue weighted by atomic mass is 10.5. The highest BCUT2D eigenvalue weighted by molar-refractivity contribution is 5.66. The lowest BCUT2D eigenvalue weighted by molar-refractivity contribution is -1.21. The predicted molar refractivity (Wildman–Crippen MR) is 24.3 cm³/mol. The summed E-state index contributed by atoms with van der Waals surface area (Å²) < 4.78 is 0. The van der Waals surface area contributed by atoms with Crippen molar-refractivity contribution in [3.8, 4) is 0 Å². The number of rotatable bonds is 4. The summed E-state index contributed by atoms with van der Waals surface area (Å²) in [5.41, 5.74) is 0. The molecule has 6 heteroatoms. The van der Waals surface area contributed by atoms with Gasteiger partial charge in [-0.3, -0.25) is 4.79 Å². The van der Waals surface area contributed by atoms with Crippen molar-refractivity contribution < 1.29 is 25.3 Å². The predicted octanol–water partition coefficient (Wildman–Crippen LogP) is -1.84. The molecule has 0 saturated heterocycles. The molecule has 1 atom stereocenters. The van der Waals surface area contributed by atoms with Crippen LogP contribution in [0.4, 0.5) is 0 Å². The summed E-state index contributed by atoms with van der Waals surface area (Å²) >= 11 is 0. The first-order chi connectivity index (χ1) is 4.13. The summed E-state index contributed by atoms with van der Waals surface area (Å²) in [5.74, 6) is -1.07. The van der Waals surface area contributed by atoms with Crippen molar-refractivity contribution in [1.29, 1.82) is 0 Å². The number of carbonyl (C=O) groups is 1. The van der Waals surface area contributed by atoms with E-state index < -0.39 is 11.4 Å². The van der Waals surface area contributed by atoms with E-state index in [1.54, 1.807) is 0 Å². The molecule has 0 radical (unpaired) electrons. The normalized spacial score (nSPS) is 13.1. The molecule has 0 saturated carbocycles. The minimum atomic E-state index is -1.45. The Balaban J connectivity index is 3.01. The fourth-order valence-electron chi connectivity index (χ4n) is 0.226. The van der Waals surface area contributed by atoms with Crippen molar-refractivity contribution in [2.75, 3.05) is 6.61 Å². The molecule has 9 heavy (non-hydrogen) atoms. The molecule has 6 nitrogen and oxygen atoms in total. The lowest BCUT2D eigenvalue weighted by Crippen LogP contribution is -3.03.